The lowest BCUT2D eigenvalue weighted by Crippen LogP contribution is -2.35. The molecule has 0 saturated carbocycles. The highest BCUT2D eigenvalue weighted by Gasteiger charge is 2.21. The van der Waals surface area contributed by atoms with Crippen LogP contribution < -0.4 is 5.56 Å². The van der Waals surface area contributed by atoms with Crippen LogP contribution in [0.15, 0.2) is 47.4 Å². The molecule has 0 fully saturated rings. The maximum atomic E-state index is 12.7. The quantitative estimate of drug-likeness (QED) is 0.729. The minimum Gasteiger partial charge on any atom is -0.380 e. The molecule has 0 amide bonds. The van der Waals surface area contributed by atoms with Crippen LogP contribution in [-0.2, 0) is 17.7 Å². The Morgan fingerprint density at radius 2 is 2.17 bits per heavy atom. The first-order chi connectivity index (χ1) is 11.3. The molecule has 1 aliphatic rings. The van der Waals surface area contributed by atoms with Crippen molar-refractivity contribution < 1.29 is 4.74 Å². The van der Waals surface area contributed by atoms with Gasteiger partial charge < -0.3 is 4.74 Å². The molecule has 0 spiro atoms. The molecule has 3 heterocycles. The number of nitrogens with zero attached hydrogens (tertiary/aromatic N) is 3. The van der Waals surface area contributed by atoms with E-state index in [0.29, 0.717) is 11.9 Å². The highest BCUT2D eigenvalue weighted by Crippen LogP contribution is 2.22. The number of methoxy groups -OCH3 is 1. The third kappa shape index (κ3) is 2.43. The summed E-state index contributed by atoms with van der Waals surface area (Å²) in [5, 5.41) is 0.644. The summed E-state index contributed by atoms with van der Waals surface area (Å²) in [6.07, 6.45) is 3.51. The molecule has 1 atom stereocenters. The topological polar surface area (TPSA) is 57.0 Å². The first-order valence-electron chi connectivity index (χ1n) is 7.74. The Hall–Kier alpha value is -2.53. The molecule has 1 aliphatic heterocycles. The molecule has 5 heteroatoms. The summed E-state index contributed by atoms with van der Waals surface area (Å²) < 4.78 is 7.15. The van der Waals surface area contributed by atoms with Gasteiger partial charge in [-0.25, -0.2) is 4.98 Å². The lowest BCUT2D eigenvalue weighted by Gasteiger charge is -2.24. The number of pyridine rings is 1. The Kier molecular flexibility index (Phi) is 3.42. The number of aromatic nitrogens is 3. The highest BCUT2D eigenvalue weighted by molar-refractivity contribution is 5.83. The number of hydrogen-bond acceptors (Lipinski definition) is 4. The van der Waals surface area contributed by atoms with Crippen molar-refractivity contribution in [2.45, 2.75) is 25.5 Å². The molecule has 4 rings (SSSR count). The molecule has 1 unspecified atom stereocenters. The first-order valence-corrected chi connectivity index (χ1v) is 7.74. The maximum Gasteiger partial charge on any atom is 0.261 e. The monoisotopic (exact) mass is 307 g/mol. The highest BCUT2D eigenvalue weighted by atomic mass is 16.5. The fourth-order valence-electron chi connectivity index (χ4n) is 3.12. The Morgan fingerprint density at radius 1 is 1.26 bits per heavy atom. The second-order valence-electron chi connectivity index (χ2n) is 5.79. The minimum absolute atomic E-state index is 0.0133. The summed E-state index contributed by atoms with van der Waals surface area (Å²) in [6.45, 7) is 0.579. The maximum absolute atomic E-state index is 12.7. The number of aryl methyl sites for hydroxylation is 1. The third-order valence-electron chi connectivity index (χ3n) is 4.40. The van der Waals surface area contributed by atoms with Gasteiger partial charge in [0.05, 0.1) is 29.2 Å². The first kappa shape index (κ1) is 14.1. The Bertz CT molecular complexity index is 919. The Balaban J connectivity index is 1.86. The number of fused-ring (bicyclic) bond motifs is 2. The van der Waals surface area contributed by atoms with Crippen molar-refractivity contribution in [2.75, 3.05) is 7.11 Å². The third-order valence-corrected chi connectivity index (χ3v) is 4.40. The lowest BCUT2D eigenvalue weighted by molar-refractivity contribution is 0.0689. The molecular formula is C18H17N3O2. The van der Waals surface area contributed by atoms with E-state index in [1.807, 2.05) is 36.4 Å². The number of rotatable bonds is 2. The molecule has 0 N–H and O–H groups in total. The second kappa shape index (κ2) is 5.59. The summed E-state index contributed by atoms with van der Waals surface area (Å²) in [5.41, 5.74) is 2.61. The van der Waals surface area contributed by atoms with Gasteiger partial charge in [0, 0.05) is 25.3 Å². The van der Waals surface area contributed by atoms with E-state index >= 15 is 0 Å². The minimum atomic E-state index is 0.0133. The Morgan fingerprint density at radius 3 is 2.96 bits per heavy atom. The summed E-state index contributed by atoms with van der Waals surface area (Å²) in [6, 6.07) is 11.5. The summed E-state index contributed by atoms with van der Waals surface area (Å²) in [7, 11) is 1.69. The van der Waals surface area contributed by atoms with Crippen molar-refractivity contribution in [1.82, 2.24) is 14.5 Å². The van der Waals surface area contributed by atoms with Gasteiger partial charge in [-0.05, 0) is 30.7 Å². The standard InChI is InChI=1S/C18H17N3O2/c1-23-13-6-8-17-20-16-10-12(15-4-2-3-9-19-15)5-7-14(16)18(22)21(17)11-13/h2-5,7,9-10,13H,6,8,11H2,1H3. The molecule has 116 valence electrons. The molecule has 0 bridgehead atoms. The predicted molar refractivity (Wildman–Crippen MR) is 88.4 cm³/mol. The van der Waals surface area contributed by atoms with Crippen molar-refractivity contribution in [3.05, 3.63) is 58.8 Å². The normalized spacial score (nSPS) is 17.2. The van der Waals surface area contributed by atoms with Gasteiger partial charge in [0.1, 0.15) is 5.82 Å². The van der Waals surface area contributed by atoms with Crippen LogP contribution in [0.3, 0.4) is 0 Å². The van der Waals surface area contributed by atoms with Gasteiger partial charge in [0.2, 0.25) is 0 Å². The molecule has 2 aromatic heterocycles. The van der Waals surface area contributed by atoms with Crippen LogP contribution in [0.25, 0.3) is 22.2 Å². The number of ether oxygens (including phenoxy) is 1. The molecule has 1 aromatic carbocycles. The zero-order chi connectivity index (χ0) is 15.8. The van der Waals surface area contributed by atoms with Crippen molar-refractivity contribution in [1.29, 1.82) is 0 Å². The molecule has 5 nitrogen and oxygen atoms in total. The smallest absolute Gasteiger partial charge is 0.261 e. The SMILES string of the molecule is COC1CCc2nc3cc(-c4ccccn4)ccc3c(=O)n2C1. The molecule has 0 saturated heterocycles. The van der Waals surface area contributed by atoms with E-state index in [1.165, 1.54) is 0 Å². The molecule has 0 radical (unpaired) electrons. The lowest BCUT2D eigenvalue weighted by atomic mass is 10.1. The van der Waals surface area contributed by atoms with Crippen molar-refractivity contribution >= 4 is 10.9 Å². The Labute approximate surface area is 133 Å². The van der Waals surface area contributed by atoms with Gasteiger partial charge >= 0.3 is 0 Å². The average Bonchev–Trinajstić information content (AvgIpc) is 2.62. The van der Waals surface area contributed by atoms with E-state index in [0.717, 1.165) is 35.4 Å². The predicted octanol–water partition coefficient (Wildman–Crippen LogP) is 2.42. The zero-order valence-corrected chi connectivity index (χ0v) is 12.9. The molecule has 3 aromatic rings. The molecule has 0 aliphatic carbocycles. The largest absolute Gasteiger partial charge is 0.380 e. The van der Waals surface area contributed by atoms with Gasteiger partial charge in [0.15, 0.2) is 0 Å². The van der Waals surface area contributed by atoms with E-state index in [-0.39, 0.29) is 11.7 Å². The van der Waals surface area contributed by atoms with Crippen LogP contribution in [-0.4, -0.2) is 27.7 Å². The van der Waals surface area contributed by atoms with Gasteiger partial charge in [-0.2, -0.15) is 0 Å². The van der Waals surface area contributed by atoms with Crippen LogP contribution in [0.2, 0.25) is 0 Å². The average molecular weight is 307 g/mol. The van der Waals surface area contributed by atoms with E-state index in [4.69, 9.17) is 9.72 Å². The summed E-state index contributed by atoms with van der Waals surface area (Å²) >= 11 is 0. The van der Waals surface area contributed by atoms with Crippen LogP contribution in [0.4, 0.5) is 0 Å². The fourth-order valence-corrected chi connectivity index (χ4v) is 3.12. The van der Waals surface area contributed by atoms with Crippen LogP contribution >= 0.6 is 0 Å². The van der Waals surface area contributed by atoms with Crippen molar-refractivity contribution in [2.24, 2.45) is 0 Å². The van der Waals surface area contributed by atoms with Crippen molar-refractivity contribution in [3.8, 4) is 11.3 Å². The summed E-state index contributed by atoms with van der Waals surface area (Å²) in [5.74, 6) is 0.842. The van der Waals surface area contributed by atoms with Crippen LogP contribution in [0, 0.1) is 0 Å². The van der Waals surface area contributed by atoms with E-state index in [2.05, 4.69) is 4.98 Å². The van der Waals surface area contributed by atoms with E-state index < -0.39 is 0 Å². The molecule has 23 heavy (non-hydrogen) atoms. The zero-order valence-electron chi connectivity index (χ0n) is 12.9. The summed E-state index contributed by atoms with van der Waals surface area (Å²) in [4.78, 5) is 21.8. The second-order valence-corrected chi connectivity index (χ2v) is 5.79. The van der Waals surface area contributed by atoms with Gasteiger partial charge in [-0.15, -0.1) is 0 Å². The van der Waals surface area contributed by atoms with Gasteiger partial charge in [-0.3, -0.25) is 14.3 Å². The van der Waals surface area contributed by atoms with Gasteiger partial charge in [-0.1, -0.05) is 12.1 Å². The number of benzene rings is 1. The number of hydrogen-bond donors (Lipinski definition) is 0. The van der Waals surface area contributed by atoms with E-state index in [9.17, 15) is 4.79 Å². The van der Waals surface area contributed by atoms with E-state index in [1.54, 1.807) is 17.9 Å². The van der Waals surface area contributed by atoms with Gasteiger partial charge in [0.25, 0.3) is 5.56 Å². The van der Waals surface area contributed by atoms with Crippen LogP contribution in [0.5, 0.6) is 0 Å². The molecular weight excluding hydrogens is 290 g/mol. The van der Waals surface area contributed by atoms with Crippen molar-refractivity contribution in [3.63, 3.8) is 0 Å². The fraction of sp³-hybridized carbons (Fsp3) is 0.278. The van der Waals surface area contributed by atoms with Crippen LogP contribution in [0.1, 0.15) is 12.2 Å².